The van der Waals surface area contributed by atoms with E-state index in [4.69, 9.17) is 24.4 Å². The molecule has 0 aromatic carbocycles. The fourth-order valence-electron chi connectivity index (χ4n) is 0.995. The smallest absolute Gasteiger partial charge is 0.0701 e. The van der Waals surface area contributed by atoms with Crippen molar-refractivity contribution >= 4 is 0 Å². The maximum Gasteiger partial charge on any atom is 0.0701 e. The lowest BCUT2D eigenvalue weighted by atomic mass is 10.4. The molecule has 0 saturated heterocycles. The molecule has 0 atom stereocenters. The molecule has 106 valence electrons. The SMILES string of the molecule is CC(C)OC(C)C.OCCOCCOCCO. The summed E-state index contributed by atoms with van der Waals surface area (Å²) in [5, 5.41) is 16.5. The van der Waals surface area contributed by atoms with Gasteiger partial charge in [-0.2, -0.15) is 0 Å². The second-order valence-electron chi connectivity index (χ2n) is 3.91. The molecule has 0 aliphatic carbocycles. The summed E-state index contributed by atoms with van der Waals surface area (Å²) in [5.74, 6) is 0. The number of aliphatic hydroxyl groups excluding tert-OH is 2. The van der Waals surface area contributed by atoms with Gasteiger partial charge in [0.2, 0.25) is 0 Å². The lowest BCUT2D eigenvalue weighted by Gasteiger charge is -2.09. The lowest BCUT2D eigenvalue weighted by molar-refractivity contribution is 0.0222. The maximum absolute atomic E-state index is 8.26. The first kappa shape index (κ1) is 19.1. The van der Waals surface area contributed by atoms with Gasteiger partial charge in [-0.15, -0.1) is 0 Å². The van der Waals surface area contributed by atoms with E-state index >= 15 is 0 Å². The topological polar surface area (TPSA) is 68.2 Å². The van der Waals surface area contributed by atoms with Gasteiger partial charge in [0.05, 0.1) is 51.8 Å². The largest absolute Gasteiger partial charge is 0.394 e. The van der Waals surface area contributed by atoms with Crippen LogP contribution >= 0.6 is 0 Å². The van der Waals surface area contributed by atoms with E-state index in [0.717, 1.165) is 0 Å². The highest BCUT2D eigenvalue weighted by Gasteiger charge is 1.94. The summed E-state index contributed by atoms with van der Waals surface area (Å²) in [4.78, 5) is 0. The number of hydrogen-bond donors (Lipinski definition) is 2. The van der Waals surface area contributed by atoms with E-state index in [1.165, 1.54) is 0 Å². The summed E-state index contributed by atoms with van der Waals surface area (Å²) < 4.78 is 15.0. The van der Waals surface area contributed by atoms with Crippen LogP contribution in [0.1, 0.15) is 27.7 Å². The highest BCUT2D eigenvalue weighted by atomic mass is 16.5. The summed E-state index contributed by atoms with van der Waals surface area (Å²) in [6, 6.07) is 0. The minimum absolute atomic E-state index is 0.0417. The van der Waals surface area contributed by atoms with Crippen LogP contribution in [0.3, 0.4) is 0 Å². The van der Waals surface area contributed by atoms with Crippen LogP contribution in [-0.4, -0.2) is 62.1 Å². The fourth-order valence-corrected chi connectivity index (χ4v) is 0.995. The maximum atomic E-state index is 8.26. The average Bonchev–Trinajstić information content (AvgIpc) is 2.22. The number of aliphatic hydroxyl groups is 2. The van der Waals surface area contributed by atoms with E-state index in [9.17, 15) is 0 Å². The number of hydrogen-bond acceptors (Lipinski definition) is 5. The molecule has 5 nitrogen and oxygen atoms in total. The van der Waals surface area contributed by atoms with E-state index in [1.54, 1.807) is 0 Å². The highest BCUT2D eigenvalue weighted by Crippen LogP contribution is 1.93. The van der Waals surface area contributed by atoms with Crippen LogP contribution in [0.4, 0.5) is 0 Å². The van der Waals surface area contributed by atoms with Crippen LogP contribution in [0.15, 0.2) is 0 Å². The van der Waals surface area contributed by atoms with E-state index in [0.29, 0.717) is 38.6 Å². The van der Waals surface area contributed by atoms with Crippen molar-refractivity contribution in [2.45, 2.75) is 39.9 Å². The van der Waals surface area contributed by atoms with Crippen molar-refractivity contribution < 1.29 is 24.4 Å². The Hall–Kier alpha value is -0.200. The summed E-state index contributed by atoms with van der Waals surface area (Å²) in [7, 11) is 0. The van der Waals surface area contributed by atoms with Crippen LogP contribution in [0.5, 0.6) is 0 Å². The van der Waals surface area contributed by atoms with Gasteiger partial charge in [0, 0.05) is 0 Å². The Balaban J connectivity index is 0. The summed E-state index contributed by atoms with van der Waals surface area (Å²) in [5.41, 5.74) is 0. The minimum Gasteiger partial charge on any atom is -0.394 e. The van der Waals surface area contributed by atoms with Gasteiger partial charge in [-0.25, -0.2) is 0 Å². The van der Waals surface area contributed by atoms with Crippen molar-refractivity contribution in [1.82, 2.24) is 0 Å². The average molecular weight is 252 g/mol. The Labute approximate surface area is 105 Å². The van der Waals surface area contributed by atoms with Gasteiger partial charge in [-0.3, -0.25) is 0 Å². The van der Waals surface area contributed by atoms with Crippen LogP contribution in [0.2, 0.25) is 0 Å². The molecule has 17 heavy (non-hydrogen) atoms. The first-order valence-electron chi connectivity index (χ1n) is 6.07. The Morgan fingerprint density at radius 3 is 1.24 bits per heavy atom. The van der Waals surface area contributed by atoms with Crippen LogP contribution in [0, 0.1) is 0 Å². The Bertz CT molecular complexity index is 114. The summed E-state index contributed by atoms with van der Waals surface area (Å²) in [6.45, 7) is 9.89. The minimum atomic E-state index is 0.0417. The quantitative estimate of drug-likeness (QED) is 0.595. The third-order valence-electron chi connectivity index (χ3n) is 1.39. The van der Waals surface area contributed by atoms with Crippen LogP contribution in [-0.2, 0) is 14.2 Å². The number of rotatable bonds is 9. The van der Waals surface area contributed by atoms with Gasteiger partial charge in [0.1, 0.15) is 0 Å². The van der Waals surface area contributed by atoms with Crippen molar-refractivity contribution in [2.75, 3.05) is 39.6 Å². The molecular formula is C12H28O5. The third-order valence-corrected chi connectivity index (χ3v) is 1.39. The molecule has 0 rings (SSSR count). The lowest BCUT2D eigenvalue weighted by Crippen LogP contribution is -2.09. The second-order valence-corrected chi connectivity index (χ2v) is 3.91. The molecule has 0 aromatic rings. The van der Waals surface area contributed by atoms with Gasteiger partial charge < -0.3 is 24.4 Å². The Morgan fingerprint density at radius 2 is 1.06 bits per heavy atom. The predicted octanol–water partition coefficient (Wildman–Crippen LogP) is 0.824. The van der Waals surface area contributed by atoms with Crippen molar-refractivity contribution in [3.63, 3.8) is 0 Å². The molecule has 0 radical (unpaired) electrons. The molecule has 0 spiro atoms. The molecule has 0 aliphatic heterocycles. The Kier molecular flexibility index (Phi) is 17.8. The fraction of sp³-hybridized carbons (Fsp3) is 1.00. The van der Waals surface area contributed by atoms with E-state index in [2.05, 4.69) is 0 Å². The zero-order valence-electron chi connectivity index (χ0n) is 11.5. The molecule has 5 heteroatoms. The normalized spacial score (nSPS) is 10.6. The molecule has 0 fully saturated rings. The molecule has 0 unspecified atom stereocenters. The Morgan fingerprint density at radius 1 is 0.706 bits per heavy atom. The zero-order valence-corrected chi connectivity index (χ0v) is 11.5. The molecule has 0 amide bonds. The first-order valence-corrected chi connectivity index (χ1v) is 6.07. The molecule has 0 saturated carbocycles. The van der Waals surface area contributed by atoms with Crippen LogP contribution in [0.25, 0.3) is 0 Å². The monoisotopic (exact) mass is 252 g/mol. The van der Waals surface area contributed by atoms with Gasteiger partial charge >= 0.3 is 0 Å². The predicted molar refractivity (Wildman–Crippen MR) is 67.2 cm³/mol. The standard InChI is InChI=1S/C6H14O4.C6H14O/c7-1-3-9-5-6-10-4-2-8;1-5(2)7-6(3)4/h7-8H,1-6H2;5-6H,1-4H3. The van der Waals surface area contributed by atoms with E-state index < -0.39 is 0 Å². The highest BCUT2D eigenvalue weighted by molar-refractivity contribution is 4.40. The number of ether oxygens (including phenoxy) is 3. The zero-order chi connectivity index (χ0) is 13.5. The second kappa shape index (κ2) is 15.8. The van der Waals surface area contributed by atoms with Gasteiger partial charge in [-0.1, -0.05) is 0 Å². The molecule has 0 heterocycles. The van der Waals surface area contributed by atoms with Crippen molar-refractivity contribution in [3.8, 4) is 0 Å². The molecule has 0 aliphatic rings. The van der Waals surface area contributed by atoms with Crippen LogP contribution < -0.4 is 0 Å². The van der Waals surface area contributed by atoms with Crippen molar-refractivity contribution in [1.29, 1.82) is 0 Å². The summed E-state index contributed by atoms with van der Waals surface area (Å²) >= 11 is 0. The molecule has 2 N–H and O–H groups in total. The van der Waals surface area contributed by atoms with Crippen molar-refractivity contribution in [3.05, 3.63) is 0 Å². The van der Waals surface area contributed by atoms with Crippen molar-refractivity contribution in [2.24, 2.45) is 0 Å². The van der Waals surface area contributed by atoms with Gasteiger partial charge in [0.15, 0.2) is 0 Å². The molecule has 0 bridgehead atoms. The van der Waals surface area contributed by atoms with Gasteiger partial charge in [0.25, 0.3) is 0 Å². The first-order chi connectivity index (χ1) is 8.04. The van der Waals surface area contributed by atoms with E-state index in [1.807, 2.05) is 27.7 Å². The van der Waals surface area contributed by atoms with E-state index in [-0.39, 0.29) is 13.2 Å². The molecular weight excluding hydrogens is 224 g/mol. The third kappa shape index (κ3) is 25.8. The molecule has 0 aromatic heterocycles. The van der Waals surface area contributed by atoms with Gasteiger partial charge in [-0.05, 0) is 27.7 Å². The summed E-state index contributed by atoms with van der Waals surface area (Å²) in [6.07, 6.45) is 0.750.